The number of nitriles is 2. The number of thiazole rings is 1. The topological polar surface area (TPSA) is 208 Å². The van der Waals surface area contributed by atoms with Gasteiger partial charge in [0.1, 0.15) is 59.2 Å². The van der Waals surface area contributed by atoms with E-state index in [0.717, 1.165) is 72.4 Å². The molecule has 3 amide bonds. The molecule has 0 spiro atoms. The van der Waals surface area contributed by atoms with E-state index < -0.39 is 29.7 Å². The molecule has 414 valence electrons. The summed E-state index contributed by atoms with van der Waals surface area (Å²) < 4.78 is 36.5. The summed E-state index contributed by atoms with van der Waals surface area (Å²) in [5.41, 5.74) is 5.95. The molecule has 2 fully saturated rings. The molecule has 3 atom stereocenters. The van der Waals surface area contributed by atoms with Crippen molar-refractivity contribution in [2.75, 3.05) is 66.4 Å². The summed E-state index contributed by atoms with van der Waals surface area (Å²) in [6.07, 6.45) is 5.50. The lowest BCUT2D eigenvalue weighted by Crippen LogP contribution is -2.56. The van der Waals surface area contributed by atoms with E-state index in [1.54, 1.807) is 69.5 Å². The van der Waals surface area contributed by atoms with Crippen molar-refractivity contribution >= 4 is 35.0 Å². The maximum atomic E-state index is 14.5. The van der Waals surface area contributed by atoms with Crippen LogP contribution in [-0.4, -0.2) is 127 Å². The minimum Gasteiger partial charge on any atom is -0.491 e. The summed E-state index contributed by atoms with van der Waals surface area (Å²) in [7, 11) is 1.52. The number of likely N-dealkylation sites (tertiary alicyclic amines) is 1. The molecule has 5 aromatic rings. The van der Waals surface area contributed by atoms with Crippen molar-refractivity contribution in [3.63, 3.8) is 0 Å². The van der Waals surface area contributed by atoms with Crippen molar-refractivity contribution in [1.29, 1.82) is 10.5 Å². The van der Waals surface area contributed by atoms with E-state index in [1.165, 1.54) is 23.3 Å². The van der Waals surface area contributed by atoms with Gasteiger partial charge in [-0.25, -0.2) is 9.78 Å². The first-order valence-electron chi connectivity index (χ1n) is 26.9. The Morgan fingerprint density at radius 1 is 0.795 bits per heavy atom. The predicted octanol–water partition coefficient (Wildman–Crippen LogP) is 9.74. The minimum absolute atomic E-state index is 0.0358. The number of aromatic nitrogens is 2. The highest BCUT2D eigenvalue weighted by Crippen LogP contribution is 2.37. The highest BCUT2D eigenvalue weighted by molar-refractivity contribution is 7.10. The van der Waals surface area contributed by atoms with Crippen LogP contribution in [0.25, 0.3) is 11.1 Å². The molecule has 0 unspecified atom stereocenters. The van der Waals surface area contributed by atoms with Gasteiger partial charge in [0.15, 0.2) is 0 Å². The standard InChI is InChI=1S/C60H73N7O10S/c1-40-50(37-62)53(45-22-18-43(36-61)19-23-45)41(2)67(40)38-44-20-24-48(25-21-44)75-33-31-73-29-27-72-28-30-74-32-34-76-49-16-11-15-47(35-49)55(68)51-39-78-57(63-51)52-17-12-26-66(52)58(70)54(46-13-9-8-10-14-46)64-56(69)42(3)65(7)59(71)77-60(4,5)6/h11,15-16,18-25,35,39,42,46,52,54H,8-10,12-14,17,26-34,38H2,1-7H3,(H,64,69)/t42-,52-,54-/m0/s1. The monoisotopic (exact) mass is 1080 g/mol. The van der Waals surface area contributed by atoms with Gasteiger partial charge in [-0.15, -0.1) is 11.3 Å². The number of benzene rings is 3. The molecule has 1 aliphatic carbocycles. The van der Waals surface area contributed by atoms with Crippen LogP contribution in [0.5, 0.6) is 11.5 Å². The molecule has 1 N–H and O–H groups in total. The SMILES string of the molecule is Cc1c(C#N)c(-c2ccc(C#N)cc2)c(C)n1Cc1ccc(OCCOCCOCCOCCOc2cccc(C(=O)c3csc([C@@H]4CCCN4C(=O)[C@@H](NC(=O)[C@H](C)N(C)C(=O)OC(C)(C)C)C4CCCCC4)n3)c2)cc1. The van der Waals surface area contributed by atoms with Crippen LogP contribution in [0, 0.1) is 42.4 Å². The van der Waals surface area contributed by atoms with Gasteiger partial charge >= 0.3 is 6.09 Å². The first kappa shape index (κ1) is 58.6. The molecule has 7 rings (SSSR count). The molecule has 2 aliphatic rings. The molecule has 3 aromatic carbocycles. The molecule has 1 saturated carbocycles. The molecule has 0 bridgehead atoms. The predicted molar refractivity (Wildman–Crippen MR) is 295 cm³/mol. The van der Waals surface area contributed by atoms with Gasteiger partial charge in [-0.05, 0) is 121 Å². The van der Waals surface area contributed by atoms with Crippen LogP contribution in [0.2, 0.25) is 0 Å². The zero-order valence-corrected chi connectivity index (χ0v) is 46.8. The van der Waals surface area contributed by atoms with E-state index in [0.29, 0.717) is 93.2 Å². The molecule has 1 saturated heterocycles. The van der Waals surface area contributed by atoms with Gasteiger partial charge in [0.05, 0.1) is 62.9 Å². The van der Waals surface area contributed by atoms with Crippen LogP contribution < -0.4 is 14.8 Å². The van der Waals surface area contributed by atoms with Crippen molar-refractivity contribution < 1.29 is 47.6 Å². The van der Waals surface area contributed by atoms with Crippen molar-refractivity contribution in [2.45, 2.75) is 117 Å². The molecule has 18 heteroatoms. The third-order valence-corrected chi connectivity index (χ3v) is 15.1. The van der Waals surface area contributed by atoms with Crippen LogP contribution in [0.4, 0.5) is 4.79 Å². The van der Waals surface area contributed by atoms with E-state index in [9.17, 15) is 29.7 Å². The van der Waals surface area contributed by atoms with Crippen molar-refractivity contribution in [1.82, 2.24) is 24.7 Å². The Labute approximate surface area is 462 Å². The normalized spacial score (nSPS) is 15.4. The summed E-state index contributed by atoms with van der Waals surface area (Å²) in [5.74, 6) is 0.383. The second-order valence-corrected chi connectivity index (χ2v) is 21.6. The Hall–Kier alpha value is -7.09. The number of carbonyl (C=O) groups is 4. The van der Waals surface area contributed by atoms with Gasteiger partial charge in [0.25, 0.3) is 0 Å². The van der Waals surface area contributed by atoms with Crippen LogP contribution in [0.1, 0.15) is 128 Å². The van der Waals surface area contributed by atoms with Crippen molar-refractivity contribution in [3.05, 3.63) is 123 Å². The molecular weight excluding hydrogens is 1010 g/mol. The lowest BCUT2D eigenvalue weighted by atomic mass is 9.83. The number of ketones is 1. The quantitative estimate of drug-likeness (QED) is 0.0427. The summed E-state index contributed by atoms with van der Waals surface area (Å²) in [6, 6.07) is 24.7. The molecule has 78 heavy (non-hydrogen) atoms. The fourth-order valence-corrected chi connectivity index (χ4v) is 10.8. The van der Waals surface area contributed by atoms with Gasteiger partial charge in [0.2, 0.25) is 17.6 Å². The second-order valence-electron chi connectivity index (χ2n) is 20.8. The fraction of sp³-hybridized carbons (Fsp3) is 0.483. The van der Waals surface area contributed by atoms with Crippen LogP contribution >= 0.6 is 11.3 Å². The fourth-order valence-electron chi connectivity index (χ4n) is 9.85. The molecule has 2 aromatic heterocycles. The summed E-state index contributed by atoms with van der Waals surface area (Å²) >= 11 is 1.35. The number of hydrogen-bond acceptors (Lipinski definition) is 14. The Bertz CT molecular complexity index is 2910. The zero-order chi connectivity index (χ0) is 55.8. The third kappa shape index (κ3) is 15.6. The van der Waals surface area contributed by atoms with Gasteiger partial charge in [-0.1, -0.05) is 55.7 Å². The highest BCUT2D eigenvalue weighted by Gasteiger charge is 2.41. The number of nitrogens with zero attached hydrogens (tertiary/aromatic N) is 6. The molecule has 0 radical (unpaired) electrons. The number of amides is 3. The van der Waals surface area contributed by atoms with E-state index in [2.05, 4.69) is 22.0 Å². The van der Waals surface area contributed by atoms with Gasteiger partial charge in [0, 0.05) is 48.0 Å². The molecular formula is C60H73N7O10S. The highest BCUT2D eigenvalue weighted by atomic mass is 32.1. The van der Waals surface area contributed by atoms with Crippen LogP contribution in [0.15, 0.2) is 78.2 Å². The molecule has 1 aliphatic heterocycles. The lowest BCUT2D eigenvalue weighted by Gasteiger charge is -2.36. The first-order chi connectivity index (χ1) is 37.6. The smallest absolute Gasteiger partial charge is 0.410 e. The summed E-state index contributed by atoms with van der Waals surface area (Å²) in [5, 5.41) is 24.6. The van der Waals surface area contributed by atoms with Crippen LogP contribution in [-0.2, 0) is 35.1 Å². The lowest BCUT2D eigenvalue weighted by molar-refractivity contribution is -0.140. The molecule has 17 nitrogen and oxygen atoms in total. The van der Waals surface area contributed by atoms with Gasteiger partial charge in [-0.2, -0.15) is 10.5 Å². The Morgan fingerprint density at radius 2 is 1.44 bits per heavy atom. The van der Waals surface area contributed by atoms with E-state index >= 15 is 0 Å². The number of nitrogens with one attached hydrogen (secondary N) is 1. The van der Waals surface area contributed by atoms with Crippen molar-refractivity contribution in [2.24, 2.45) is 5.92 Å². The average Bonchev–Trinajstić information content (AvgIpc) is 4.20. The Balaban J connectivity index is 0.779. The van der Waals surface area contributed by atoms with Gasteiger partial charge in [-0.3, -0.25) is 19.3 Å². The summed E-state index contributed by atoms with van der Waals surface area (Å²) in [6.45, 7) is 15.0. The maximum absolute atomic E-state index is 14.5. The third-order valence-electron chi connectivity index (χ3n) is 14.2. The number of hydrogen-bond donors (Lipinski definition) is 1. The zero-order valence-electron chi connectivity index (χ0n) is 46.0. The van der Waals surface area contributed by atoms with E-state index in [4.69, 9.17) is 33.4 Å². The van der Waals surface area contributed by atoms with E-state index in [1.807, 2.05) is 55.1 Å². The van der Waals surface area contributed by atoms with Crippen molar-refractivity contribution in [3.8, 4) is 34.8 Å². The molecule has 3 heterocycles. The number of likely N-dealkylation sites (N-methyl/N-ethyl adjacent to an activating group) is 1. The minimum atomic E-state index is -0.863. The van der Waals surface area contributed by atoms with E-state index in [-0.39, 0.29) is 36.0 Å². The number of carbonyl (C=O) groups excluding carboxylic acids is 4. The van der Waals surface area contributed by atoms with Crippen LogP contribution in [0.3, 0.4) is 0 Å². The maximum Gasteiger partial charge on any atom is 0.410 e. The summed E-state index contributed by atoms with van der Waals surface area (Å²) in [4.78, 5) is 62.5. The first-order valence-corrected chi connectivity index (χ1v) is 27.8. The largest absolute Gasteiger partial charge is 0.491 e. The number of ether oxygens (including phenoxy) is 6. The van der Waals surface area contributed by atoms with Gasteiger partial charge < -0.3 is 43.2 Å². The Morgan fingerprint density at radius 3 is 2.06 bits per heavy atom. The average molecular weight is 1080 g/mol. The Kier molecular flexibility index (Phi) is 21.0. The second kappa shape index (κ2) is 28.0. The number of rotatable bonds is 25.